The van der Waals surface area contributed by atoms with Gasteiger partial charge in [0.15, 0.2) is 0 Å². The van der Waals surface area contributed by atoms with Crippen LogP contribution in [-0.4, -0.2) is 22.7 Å². The van der Waals surface area contributed by atoms with Crippen LogP contribution >= 0.6 is 11.3 Å². The van der Waals surface area contributed by atoms with Gasteiger partial charge in [0.1, 0.15) is 0 Å². The lowest BCUT2D eigenvalue weighted by atomic mass is 10.1. The summed E-state index contributed by atoms with van der Waals surface area (Å²) in [6.45, 7) is 8.78. The minimum Gasteiger partial charge on any atom is -0.392 e. The molecule has 2 unspecified atom stereocenters. The molecule has 1 heterocycles. The van der Waals surface area contributed by atoms with Gasteiger partial charge in [0, 0.05) is 23.7 Å². The van der Waals surface area contributed by atoms with Gasteiger partial charge in [0.2, 0.25) is 0 Å². The summed E-state index contributed by atoms with van der Waals surface area (Å²) >= 11 is 1.70. The van der Waals surface area contributed by atoms with Crippen LogP contribution < -0.4 is 5.32 Å². The number of nitrogens with zero attached hydrogens (tertiary/aromatic N) is 1. The fraction of sp³-hybridized carbons (Fsp3) is 0.727. The summed E-state index contributed by atoms with van der Waals surface area (Å²) in [7, 11) is 0. The molecule has 1 rings (SSSR count). The molecule has 0 aromatic carbocycles. The molecule has 0 bridgehead atoms. The molecular formula is C11H20N2OS. The molecule has 1 aromatic rings. The molecule has 0 amide bonds. The van der Waals surface area contributed by atoms with Crippen molar-refractivity contribution < 1.29 is 5.11 Å². The van der Waals surface area contributed by atoms with Crippen LogP contribution in [0.4, 0.5) is 0 Å². The first-order valence-corrected chi connectivity index (χ1v) is 6.16. The zero-order chi connectivity index (χ0) is 11.4. The van der Waals surface area contributed by atoms with Crippen molar-refractivity contribution in [2.24, 2.45) is 5.92 Å². The van der Waals surface area contributed by atoms with Gasteiger partial charge in [-0.3, -0.25) is 0 Å². The third-order valence-electron chi connectivity index (χ3n) is 2.47. The molecule has 0 aliphatic rings. The van der Waals surface area contributed by atoms with E-state index in [1.165, 1.54) is 4.88 Å². The van der Waals surface area contributed by atoms with Gasteiger partial charge < -0.3 is 10.4 Å². The SMILES string of the molecule is Cc1ncc(C(C)NCC(O)C(C)C)s1. The van der Waals surface area contributed by atoms with E-state index in [4.69, 9.17) is 0 Å². The number of hydrogen-bond donors (Lipinski definition) is 2. The normalized spacial score (nSPS) is 15.6. The summed E-state index contributed by atoms with van der Waals surface area (Å²) in [6, 6.07) is 0.268. The molecule has 3 nitrogen and oxygen atoms in total. The molecule has 86 valence electrons. The highest BCUT2D eigenvalue weighted by molar-refractivity contribution is 7.11. The second kappa shape index (κ2) is 5.58. The zero-order valence-electron chi connectivity index (χ0n) is 9.82. The van der Waals surface area contributed by atoms with E-state index in [0.29, 0.717) is 12.5 Å². The first kappa shape index (κ1) is 12.6. The van der Waals surface area contributed by atoms with Crippen molar-refractivity contribution in [2.45, 2.75) is 39.8 Å². The number of hydrogen-bond acceptors (Lipinski definition) is 4. The number of thiazole rings is 1. The van der Waals surface area contributed by atoms with Crippen LogP contribution in [0.15, 0.2) is 6.20 Å². The van der Waals surface area contributed by atoms with E-state index < -0.39 is 0 Å². The van der Waals surface area contributed by atoms with Crippen molar-refractivity contribution in [3.8, 4) is 0 Å². The Labute approximate surface area is 95.6 Å². The van der Waals surface area contributed by atoms with Crippen molar-refractivity contribution in [1.29, 1.82) is 0 Å². The molecule has 2 N–H and O–H groups in total. The highest BCUT2D eigenvalue weighted by atomic mass is 32.1. The maximum Gasteiger partial charge on any atom is 0.0897 e. The Hall–Kier alpha value is -0.450. The summed E-state index contributed by atoms with van der Waals surface area (Å²) in [5.74, 6) is 0.299. The van der Waals surface area contributed by atoms with Crippen molar-refractivity contribution in [3.05, 3.63) is 16.1 Å². The van der Waals surface area contributed by atoms with Gasteiger partial charge in [0.25, 0.3) is 0 Å². The van der Waals surface area contributed by atoms with E-state index in [2.05, 4.69) is 17.2 Å². The second-order valence-corrected chi connectivity index (χ2v) is 5.49. The van der Waals surface area contributed by atoms with Crippen LogP contribution in [0.2, 0.25) is 0 Å². The largest absolute Gasteiger partial charge is 0.392 e. The first-order valence-electron chi connectivity index (χ1n) is 5.34. The Morgan fingerprint density at radius 1 is 1.47 bits per heavy atom. The highest BCUT2D eigenvalue weighted by Gasteiger charge is 2.12. The predicted molar refractivity (Wildman–Crippen MR) is 64.1 cm³/mol. The third-order valence-corrected chi connectivity index (χ3v) is 3.56. The molecule has 1 aromatic heterocycles. The second-order valence-electron chi connectivity index (χ2n) is 4.22. The Bertz CT molecular complexity index is 299. The molecule has 15 heavy (non-hydrogen) atoms. The maximum absolute atomic E-state index is 9.65. The van der Waals surface area contributed by atoms with Gasteiger partial charge in [-0.1, -0.05) is 13.8 Å². The standard InChI is InChI=1S/C11H20N2OS/c1-7(2)10(14)5-12-8(3)11-6-13-9(4)15-11/h6-8,10,12,14H,5H2,1-4H3. The smallest absolute Gasteiger partial charge is 0.0897 e. The highest BCUT2D eigenvalue weighted by Crippen LogP contribution is 2.19. The fourth-order valence-electron chi connectivity index (χ4n) is 1.21. The summed E-state index contributed by atoms with van der Waals surface area (Å²) in [5.41, 5.74) is 0. The molecule has 0 saturated heterocycles. The van der Waals surface area contributed by atoms with Gasteiger partial charge in [-0.25, -0.2) is 4.98 Å². The minimum absolute atomic E-state index is 0.268. The number of aliphatic hydroxyl groups is 1. The van der Waals surface area contributed by atoms with Gasteiger partial charge in [0.05, 0.1) is 11.1 Å². The maximum atomic E-state index is 9.65. The predicted octanol–water partition coefficient (Wildman–Crippen LogP) is 2.12. The van der Waals surface area contributed by atoms with Crippen LogP contribution in [0.1, 0.15) is 36.7 Å². The Morgan fingerprint density at radius 3 is 2.60 bits per heavy atom. The van der Waals surface area contributed by atoms with Crippen molar-refractivity contribution in [3.63, 3.8) is 0 Å². The molecule has 4 heteroatoms. The summed E-state index contributed by atoms with van der Waals surface area (Å²) in [4.78, 5) is 5.44. The van der Waals surface area contributed by atoms with Crippen molar-refractivity contribution in [1.82, 2.24) is 10.3 Å². The zero-order valence-corrected chi connectivity index (χ0v) is 10.6. The van der Waals surface area contributed by atoms with E-state index in [9.17, 15) is 5.11 Å². The molecule has 2 atom stereocenters. The third kappa shape index (κ3) is 3.89. The van der Waals surface area contributed by atoms with Crippen molar-refractivity contribution in [2.75, 3.05) is 6.54 Å². The van der Waals surface area contributed by atoms with Crippen LogP contribution in [0, 0.1) is 12.8 Å². The lowest BCUT2D eigenvalue weighted by molar-refractivity contribution is 0.121. The number of aliphatic hydroxyl groups excluding tert-OH is 1. The average molecular weight is 228 g/mol. The summed E-state index contributed by atoms with van der Waals surface area (Å²) < 4.78 is 0. The minimum atomic E-state index is -0.276. The summed E-state index contributed by atoms with van der Waals surface area (Å²) in [6.07, 6.45) is 1.63. The van der Waals surface area contributed by atoms with Gasteiger partial charge >= 0.3 is 0 Å². The van der Waals surface area contributed by atoms with Gasteiger partial charge in [-0.15, -0.1) is 11.3 Å². The Balaban J connectivity index is 2.39. The lowest BCUT2D eigenvalue weighted by Gasteiger charge is -2.18. The molecule has 0 aliphatic heterocycles. The Morgan fingerprint density at radius 2 is 2.13 bits per heavy atom. The number of aromatic nitrogens is 1. The van der Waals surface area contributed by atoms with E-state index in [1.54, 1.807) is 11.3 Å². The topological polar surface area (TPSA) is 45.2 Å². The molecule has 0 radical (unpaired) electrons. The molecule has 0 saturated carbocycles. The lowest BCUT2D eigenvalue weighted by Crippen LogP contribution is -2.31. The molecular weight excluding hydrogens is 208 g/mol. The Kier molecular flexibility index (Phi) is 4.70. The molecule has 0 fully saturated rings. The van der Waals surface area contributed by atoms with Gasteiger partial charge in [-0.2, -0.15) is 0 Å². The monoisotopic (exact) mass is 228 g/mol. The summed E-state index contributed by atoms with van der Waals surface area (Å²) in [5, 5.41) is 14.1. The molecule has 0 spiro atoms. The van der Waals surface area contributed by atoms with E-state index >= 15 is 0 Å². The fourth-order valence-corrected chi connectivity index (χ4v) is 2.02. The quantitative estimate of drug-likeness (QED) is 0.811. The van der Waals surface area contributed by atoms with E-state index in [0.717, 1.165) is 5.01 Å². The van der Waals surface area contributed by atoms with Crippen LogP contribution in [0.3, 0.4) is 0 Å². The van der Waals surface area contributed by atoms with Crippen LogP contribution in [0.5, 0.6) is 0 Å². The van der Waals surface area contributed by atoms with E-state index in [1.807, 2.05) is 27.0 Å². The van der Waals surface area contributed by atoms with Gasteiger partial charge in [-0.05, 0) is 19.8 Å². The van der Waals surface area contributed by atoms with E-state index in [-0.39, 0.29) is 12.1 Å². The van der Waals surface area contributed by atoms with Crippen molar-refractivity contribution >= 4 is 11.3 Å². The van der Waals surface area contributed by atoms with Crippen LogP contribution in [0.25, 0.3) is 0 Å². The van der Waals surface area contributed by atoms with Crippen LogP contribution in [-0.2, 0) is 0 Å². The average Bonchev–Trinajstić information content (AvgIpc) is 2.60. The number of aryl methyl sites for hydroxylation is 1. The number of rotatable bonds is 5. The first-order chi connectivity index (χ1) is 7.00. The molecule has 0 aliphatic carbocycles. The number of nitrogens with one attached hydrogen (secondary N) is 1.